The zero-order valence-corrected chi connectivity index (χ0v) is 13.1. The maximum absolute atomic E-state index is 12.1. The third kappa shape index (κ3) is 3.08. The number of para-hydroxylation sites is 2. The monoisotopic (exact) mass is 323 g/mol. The quantitative estimate of drug-likeness (QED) is 0.557. The van der Waals surface area contributed by atoms with E-state index in [0.717, 1.165) is 22.2 Å². The number of hydrazine groups is 1. The molecule has 0 saturated carbocycles. The Hall–Kier alpha value is -3.28. The Labute approximate surface area is 138 Å². The molecule has 0 unspecified atom stereocenters. The van der Waals surface area contributed by atoms with Crippen LogP contribution in [-0.4, -0.2) is 21.9 Å². The van der Waals surface area contributed by atoms with Gasteiger partial charge in [0.2, 0.25) is 5.91 Å². The maximum Gasteiger partial charge on any atom is 0.273 e. The van der Waals surface area contributed by atoms with Crippen molar-refractivity contribution < 1.29 is 14.7 Å². The normalized spacial score (nSPS) is 10.5. The molecule has 0 spiro atoms. The van der Waals surface area contributed by atoms with E-state index >= 15 is 0 Å². The van der Waals surface area contributed by atoms with Gasteiger partial charge in [-0.2, -0.15) is 0 Å². The number of carbonyl (C=O) groups excluding carboxylic acids is 2. The van der Waals surface area contributed by atoms with E-state index in [9.17, 15) is 14.7 Å². The zero-order valence-electron chi connectivity index (χ0n) is 13.1. The molecule has 0 aliphatic heterocycles. The van der Waals surface area contributed by atoms with Gasteiger partial charge in [-0.25, -0.2) is 0 Å². The number of aromatic amines is 1. The third-order valence-corrected chi connectivity index (χ3v) is 3.83. The first-order chi connectivity index (χ1) is 11.6. The van der Waals surface area contributed by atoms with Crippen molar-refractivity contribution in [2.24, 2.45) is 0 Å². The second kappa shape index (κ2) is 6.45. The van der Waals surface area contributed by atoms with E-state index in [1.165, 1.54) is 12.1 Å². The van der Waals surface area contributed by atoms with Gasteiger partial charge < -0.3 is 10.1 Å². The molecular weight excluding hydrogens is 306 g/mol. The lowest BCUT2D eigenvalue weighted by molar-refractivity contribution is -0.121. The van der Waals surface area contributed by atoms with Gasteiger partial charge in [-0.1, -0.05) is 30.3 Å². The van der Waals surface area contributed by atoms with Crippen LogP contribution in [0.1, 0.15) is 21.6 Å². The Balaban J connectivity index is 1.67. The first-order valence-corrected chi connectivity index (χ1v) is 7.49. The molecule has 3 rings (SSSR count). The van der Waals surface area contributed by atoms with E-state index in [2.05, 4.69) is 15.8 Å². The first kappa shape index (κ1) is 15.6. The molecule has 24 heavy (non-hydrogen) atoms. The summed E-state index contributed by atoms with van der Waals surface area (Å²) in [6.45, 7) is 1.91. The lowest BCUT2D eigenvalue weighted by Crippen LogP contribution is -2.42. The smallest absolute Gasteiger partial charge is 0.273 e. The summed E-state index contributed by atoms with van der Waals surface area (Å²) in [5, 5.41) is 10.6. The molecule has 6 heteroatoms. The number of aromatic hydroxyl groups is 1. The number of carbonyl (C=O) groups is 2. The molecule has 0 aliphatic rings. The maximum atomic E-state index is 12.1. The van der Waals surface area contributed by atoms with Crippen molar-refractivity contribution in [3.8, 4) is 5.75 Å². The Bertz CT molecular complexity index is 915. The summed E-state index contributed by atoms with van der Waals surface area (Å²) in [6, 6.07) is 13.9. The summed E-state index contributed by atoms with van der Waals surface area (Å²) in [5.74, 6) is -1.06. The van der Waals surface area contributed by atoms with Gasteiger partial charge in [0.05, 0.1) is 12.0 Å². The molecule has 1 heterocycles. The molecule has 0 aliphatic carbocycles. The van der Waals surface area contributed by atoms with E-state index < -0.39 is 5.91 Å². The molecule has 122 valence electrons. The van der Waals surface area contributed by atoms with Gasteiger partial charge in [-0.15, -0.1) is 0 Å². The van der Waals surface area contributed by atoms with Gasteiger partial charge in [-0.05, 0) is 30.7 Å². The van der Waals surface area contributed by atoms with Crippen LogP contribution in [0.5, 0.6) is 5.75 Å². The minimum atomic E-state index is -0.572. The van der Waals surface area contributed by atoms with E-state index in [1.54, 1.807) is 12.1 Å². The number of phenolic OH excluding ortho intramolecular Hbond substituents is 1. The van der Waals surface area contributed by atoms with Crippen LogP contribution >= 0.6 is 0 Å². The van der Waals surface area contributed by atoms with Crippen LogP contribution in [0, 0.1) is 6.92 Å². The highest BCUT2D eigenvalue weighted by atomic mass is 16.3. The number of aryl methyl sites for hydroxylation is 1. The highest BCUT2D eigenvalue weighted by Crippen LogP contribution is 2.22. The minimum absolute atomic E-state index is 0.0982. The average Bonchev–Trinajstić information content (AvgIpc) is 2.89. The van der Waals surface area contributed by atoms with Crippen LogP contribution in [0.2, 0.25) is 0 Å². The first-order valence-electron chi connectivity index (χ1n) is 7.49. The predicted molar refractivity (Wildman–Crippen MR) is 90.5 cm³/mol. The standard InChI is InChI=1S/C18H17N3O3/c1-11-14(12-6-2-4-8-15(12)19-11)10-17(23)20-21-18(24)13-7-3-5-9-16(13)22/h2-9,19,22H,10H2,1H3,(H,20,23)(H,21,24). The van der Waals surface area contributed by atoms with Gasteiger partial charge in [0.1, 0.15) is 5.75 Å². The number of fused-ring (bicyclic) bond motifs is 1. The van der Waals surface area contributed by atoms with Crippen LogP contribution in [0.3, 0.4) is 0 Å². The van der Waals surface area contributed by atoms with Crippen molar-refractivity contribution in [3.63, 3.8) is 0 Å². The molecule has 1 aromatic heterocycles. The number of phenols is 1. The van der Waals surface area contributed by atoms with Crippen LogP contribution in [-0.2, 0) is 11.2 Å². The lowest BCUT2D eigenvalue weighted by Gasteiger charge is -2.08. The number of H-pyrrole nitrogens is 1. The summed E-state index contributed by atoms with van der Waals surface area (Å²) in [5.41, 5.74) is 7.56. The molecule has 2 aromatic carbocycles. The Kier molecular flexibility index (Phi) is 4.20. The van der Waals surface area contributed by atoms with Gasteiger partial charge in [0.15, 0.2) is 0 Å². The van der Waals surface area contributed by atoms with Gasteiger partial charge >= 0.3 is 0 Å². The molecule has 0 bridgehead atoms. The summed E-state index contributed by atoms with van der Waals surface area (Å²) < 4.78 is 0. The lowest BCUT2D eigenvalue weighted by atomic mass is 10.1. The fourth-order valence-electron chi connectivity index (χ4n) is 2.63. The highest BCUT2D eigenvalue weighted by Gasteiger charge is 2.14. The second-order valence-electron chi connectivity index (χ2n) is 5.47. The molecule has 0 radical (unpaired) electrons. The van der Waals surface area contributed by atoms with Gasteiger partial charge in [0, 0.05) is 16.6 Å². The van der Waals surface area contributed by atoms with Crippen LogP contribution in [0.15, 0.2) is 48.5 Å². The summed E-state index contributed by atoms with van der Waals surface area (Å²) >= 11 is 0. The van der Waals surface area contributed by atoms with Crippen LogP contribution in [0.25, 0.3) is 10.9 Å². The number of amides is 2. The number of aromatic nitrogens is 1. The number of hydrogen-bond donors (Lipinski definition) is 4. The summed E-state index contributed by atoms with van der Waals surface area (Å²) in [4.78, 5) is 27.3. The Morgan fingerprint density at radius 3 is 2.54 bits per heavy atom. The average molecular weight is 323 g/mol. The van der Waals surface area contributed by atoms with E-state index in [4.69, 9.17) is 0 Å². The fourth-order valence-corrected chi connectivity index (χ4v) is 2.63. The predicted octanol–water partition coefficient (Wildman–Crippen LogP) is 2.19. The van der Waals surface area contributed by atoms with Crippen LogP contribution < -0.4 is 10.9 Å². The van der Waals surface area contributed by atoms with E-state index in [0.29, 0.717) is 0 Å². The molecular formula is C18H17N3O3. The van der Waals surface area contributed by atoms with Crippen molar-refractivity contribution >= 4 is 22.7 Å². The molecule has 3 aromatic rings. The molecule has 4 N–H and O–H groups in total. The summed E-state index contributed by atoms with van der Waals surface area (Å²) in [7, 11) is 0. The molecule has 6 nitrogen and oxygen atoms in total. The molecule has 0 saturated heterocycles. The SMILES string of the molecule is Cc1[nH]c2ccccc2c1CC(=O)NNC(=O)c1ccccc1O. The topological polar surface area (TPSA) is 94.2 Å². The number of benzene rings is 2. The van der Waals surface area contributed by atoms with Crippen molar-refractivity contribution in [2.75, 3.05) is 0 Å². The molecule has 2 amide bonds. The van der Waals surface area contributed by atoms with Crippen molar-refractivity contribution in [1.29, 1.82) is 0 Å². The second-order valence-corrected chi connectivity index (χ2v) is 5.47. The fraction of sp³-hybridized carbons (Fsp3) is 0.111. The van der Waals surface area contributed by atoms with E-state index in [1.807, 2.05) is 31.2 Å². The summed E-state index contributed by atoms with van der Waals surface area (Å²) in [6.07, 6.45) is 0.136. The van der Waals surface area contributed by atoms with Crippen molar-refractivity contribution in [3.05, 3.63) is 65.4 Å². The number of hydrogen-bond acceptors (Lipinski definition) is 3. The third-order valence-electron chi connectivity index (χ3n) is 3.83. The minimum Gasteiger partial charge on any atom is -0.507 e. The Morgan fingerprint density at radius 1 is 1.04 bits per heavy atom. The van der Waals surface area contributed by atoms with Crippen LogP contribution in [0.4, 0.5) is 0 Å². The molecule has 0 atom stereocenters. The highest BCUT2D eigenvalue weighted by molar-refractivity contribution is 5.98. The zero-order chi connectivity index (χ0) is 17.1. The van der Waals surface area contributed by atoms with E-state index in [-0.39, 0.29) is 23.6 Å². The van der Waals surface area contributed by atoms with Gasteiger partial charge in [-0.3, -0.25) is 20.4 Å². The number of nitrogens with one attached hydrogen (secondary N) is 3. The number of rotatable bonds is 3. The van der Waals surface area contributed by atoms with Crippen molar-refractivity contribution in [1.82, 2.24) is 15.8 Å². The largest absolute Gasteiger partial charge is 0.507 e. The van der Waals surface area contributed by atoms with Gasteiger partial charge in [0.25, 0.3) is 5.91 Å². The van der Waals surface area contributed by atoms with Crippen molar-refractivity contribution in [2.45, 2.75) is 13.3 Å². The molecule has 0 fully saturated rings. The Morgan fingerprint density at radius 2 is 1.75 bits per heavy atom.